The van der Waals surface area contributed by atoms with Crippen molar-refractivity contribution >= 4 is 11.6 Å². The van der Waals surface area contributed by atoms with Gasteiger partial charge in [-0.05, 0) is 36.4 Å². The average molecular weight is 306 g/mol. The number of alkyl halides is 1. The van der Waals surface area contributed by atoms with Crippen LogP contribution < -0.4 is 0 Å². The molecule has 0 aliphatic carbocycles. The fourth-order valence-electron chi connectivity index (χ4n) is 2.09. The molecular formula is C15H10ClF2N3. The maximum Gasteiger partial charge on any atom is 0.148 e. The molecule has 1 heterocycles. The molecule has 3 nitrogen and oxygen atoms in total. The summed E-state index contributed by atoms with van der Waals surface area (Å²) in [7, 11) is 0. The predicted molar refractivity (Wildman–Crippen MR) is 76.3 cm³/mol. The number of benzene rings is 2. The van der Waals surface area contributed by atoms with Crippen LogP contribution in [0, 0.1) is 11.6 Å². The van der Waals surface area contributed by atoms with E-state index in [0.29, 0.717) is 17.0 Å². The van der Waals surface area contributed by atoms with Gasteiger partial charge in [-0.1, -0.05) is 17.3 Å². The molecule has 3 rings (SSSR count). The molecule has 6 heteroatoms. The molecule has 106 valence electrons. The first-order valence-corrected chi connectivity index (χ1v) is 6.75. The normalized spacial score (nSPS) is 10.8. The van der Waals surface area contributed by atoms with E-state index < -0.39 is 5.82 Å². The molecule has 0 saturated heterocycles. The van der Waals surface area contributed by atoms with E-state index in [1.165, 1.54) is 22.9 Å². The van der Waals surface area contributed by atoms with Crippen LogP contribution in [-0.4, -0.2) is 15.0 Å². The monoisotopic (exact) mass is 305 g/mol. The Balaban J connectivity index is 2.22. The Morgan fingerprint density at radius 1 is 1.00 bits per heavy atom. The summed E-state index contributed by atoms with van der Waals surface area (Å²) in [4.78, 5) is 0. The average Bonchev–Trinajstić information content (AvgIpc) is 2.92. The number of halogens is 3. The van der Waals surface area contributed by atoms with Crippen molar-refractivity contribution in [1.29, 1.82) is 0 Å². The summed E-state index contributed by atoms with van der Waals surface area (Å²) in [6, 6.07) is 12.0. The summed E-state index contributed by atoms with van der Waals surface area (Å²) in [5.41, 5.74) is 1.99. The summed E-state index contributed by atoms with van der Waals surface area (Å²) in [5.74, 6) is -0.649. The van der Waals surface area contributed by atoms with Crippen molar-refractivity contribution in [3.8, 4) is 16.9 Å². The second-order valence-electron chi connectivity index (χ2n) is 4.39. The van der Waals surface area contributed by atoms with Crippen LogP contribution in [0.15, 0.2) is 48.5 Å². The van der Waals surface area contributed by atoms with Crippen molar-refractivity contribution in [1.82, 2.24) is 15.0 Å². The molecule has 0 spiro atoms. The van der Waals surface area contributed by atoms with Gasteiger partial charge in [0.25, 0.3) is 0 Å². The van der Waals surface area contributed by atoms with Crippen LogP contribution in [0.1, 0.15) is 5.69 Å². The quantitative estimate of drug-likeness (QED) is 0.686. The number of nitrogens with zero attached hydrogens (tertiary/aromatic N) is 3. The Morgan fingerprint density at radius 3 is 2.38 bits per heavy atom. The van der Waals surface area contributed by atoms with E-state index in [1.807, 2.05) is 0 Å². The molecule has 2 aromatic carbocycles. The fourth-order valence-corrected chi connectivity index (χ4v) is 2.27. The lowest BCUT2D eigenvalue weighted by Crippen LogP contribution is -2.02. The van der Waals surface area contributed by atoms with Crippen molar-refractivity contribution in [2.75, 3.05) is 0 Å². The third-order valence-corrected chi connectivity index (χ3v) is 3.32. The van der Waals surface area contributed by atoms with Gasteiger partial charge in [-0.15, -0.1) is 16.7 Å². The van der Waals surface area contributed by atoms with Gasteiger partial charge in [0.2, 0.25) is 0 Å². The summed E-state index contributed by atoms with van der Waals surface area (Å²) in [5, 5.41) is 7.94. The van der Waals surface area contributed by atoms with E-state index in [0.717, 1.165) is 0 Å². The number of para-hydroxylation sites is 1. The van der Waals surface area contributed by atoms with Gasteiger partial charge >= 0.3 is 0 Å². The highest BCUT2D eigenvalue weighted by molar-refractivity contribution is 6.17. The Hall–Kier alpha value is -2.27. The van der Waals surface area contributed by atoms with Gasteiger partial charge in [-0.3, -0.25) is 0 Å². The van der Waals surface area contributed by atoms with Crippen LogP contribution in [0.5, 0.6) is 0 Å². The zero-order chi connectivity index (χ0) is 14.8. The minimum absolute atomic E-state index is 0.126. The second kappa shape index (κ2) is 5.61. The van der Waals surface area contributed by atoms with Crippen LogP contribution in [0.4, 0.5) is 8.78 Å². The highest BCUT2D eigenvalue weighted by Gasteiger charge is 2.17. The molecule has 3 aromatic rings. The van der Waals surface area contributed by atoms with Gasteiger partial charge in [0.1, 0.15) is 23.0 Å². The first-order chi connectivity index (χ1) is 10.2. The maximum absolute atomic E-state index is 14.0. The Bertz CT molecular complexity index is 769. The van der Waals surface area contributed by atoms with Crippen molar-refractivity contribution in [3.63, 3.8) is 0 Å². The van der Waals surface area contributed by atoms with Gasteiger partial charge < -0.3 is 0 Å². The lowest BCUT2D eigenvalue weighted by Gasteiger charge is -2.08. The maximum atomic E-state index is 14.0. The summed E-state index contributed by atoms with van der Waals surface area (Å²) in [6.45, 7) is 0. The predicted octanol–water partition coefficient (Wildman–Crippen LogP) is 3.95. The van der Waals surface area contributed by atoms with Gasteiger partial charge in [0, 0.05) is 5.56 Å². The highest BCUT2D eigenvalue weighted by atomic mass is 35.5. The number of aromatic nitrogens is 3. The van der Waals surface area contributed by atoms with Gasteiger partial charge in [-0.2, -0.15) is 0 Å². The summed E-state index contributed by atoms with van der Waals surface area (Å²) >= 11 is 5.87. The molecule has 21 heavy (non-hydrogen) atoms. The van der Waals surface area contributed by atoms with Crippen LogP contribution in [0.2, 0.25) is 0 Å². The number of rotatable bonds is 3. The molecule has 0 fully saturated rings. The van der Waals surface area contributed by atoms with Gasteiger partial charge in [0.05, 0.1) is 11.6 Å². The zero-order valence-corrected chi connectivity index (χ0v) is 11.6. The van der Waals surface area contributed by atoms with Crippen LogP contribution in [0.3, 0.4) is 0 Å². The Kier molecular flexibility index (Phi) is 3.66. The third-order valence-electron chi connectivity index (χ3n) is 3.06. The molecule has 0 unspecified atom stereocenters. The molecule has 0 saturated carbocycles. The lowest BCUT2D eigenvalue weighted by molar-refractivity contribution is 0.608. The van der Waals surface area contributed by atoms with E-state index in [2.05, 4.69) is 10.3 Å². The fraction of sp³-hybridized carbons (Fsp3) is 0.0667. The molecule has 0 aliphatic heterocycles. The van der Waals surface area contributed by atoms with E-state index in [1.54, 1.807) is 30.3 Å². The van der Waals surface area contributed by atoms with E-state index in [-0.39, 0.29) is 17.4 Å². The van der Waals surface area contributed by atoms with Crippen molar-refractivity contribution < 1.29 is 8.78 Å². The second-order valence-corrected chi connectivity index (χ2v) is 4.66. The van der Waals surface area contributed by atoms with Crippen LogP contribution in [-0.2, 0) is 5.88 Å². The standard InChI is InChI=1S/C15H10ClF2N3/c16-9-13-15(10-5-7-11(17)8-6-10)21(20-19-13)14-4-2-1-3-12(14)18/h1-8H,9H2. The van der Waals surface area contributed by atoms with Crippen molar-refractivity contribution in [2.24, 2.45) is 0 Å². The Morgan fingerprint density at radius 2 is 1.71 bits per heavy atom. The minimum Gasteiger partial charge on any atom is -0.210 e. The number of hydrogen-bond acceptors (Lipinski definition) is 2. The minimum atomic E-state index is -0.424. The molecule has 0 aliphatic rings. The molecule has 1 aromatic heterocycles. The van der Waals surface area contributed by atoms with E-state index in [9.17, 15) is 8.78 Å². The molecular weight excluding hydrogens is 296 g/mol. The lowest BCUT2D eigenvalue weighted by atomic mass is 10.1. The largest absolute Gasteiger partial charge is 0.210 e. The van der Waals surface area contributed by atoms with Gasteiger partial charge in [-0.25, -0.2) is 13.5 Å². The van der Waals surface area contributed by atoms with Crippen LogP contribution >= 0.6 is 11.6 Å². The molecule has 0 atom stereocenters. The number of hydrogen-bond donors (Lipinski definition) is 0. The molecule has 0 amide bonds. The van der Waals surface area contributed by atoms with Crippen LogP contribution in [0.25, 0.3) is 16.9 Å². The SMILES string of the molecule is Fc1ccc(-c2c(CCl)nnn2-c2ccccc2F)cc1. The molecule has 0 N–H and O–H groups in total. The topological polar surface area (TPSA) is 30.7 Å². The first-order valence-electron chi connectivity index (χ1n) is 6.22. The molecule has 0 bridgehead atoms. The Labute approximate surface area is 124 Å². The van der Waals surface area contributed by atoms with Crippen molar-refractivity contribution in [2.45, 2.75) is 5.88 Å². The smallest absolute Gasteiger partial charge is 0.148 e. The molecule has 0 radical (unpaired) electrons. The summed E-state index contributed by atoms with van der Waals surface area (Å²) in [6.07, 6.45) is 0. The summed E-state index contributed by atoms with van der Waals surface area (Å²) < 4.78 is 28.4. The zero-order valence-electron chi connectivity index (χ0n) is 10.8. The van der Waals surface area contributed by atoms with E-state index >= 15 is 0 Å². The van der Waals surface area contributed by atoms with Gasteiger partial charge in [0.15, 0.2) is 0 Å². The first kappa shape index (κ1) is 13.7. The highest BCUT2D eigenvalue weighted by Crippen LogP contribution is 2.27. The van der Waals surface area contributed by atoms with Crippen molar-refractivity contribution in [3.05, 3.63) is 65.9 Å². The third kappa shape index (κ3) is 2.52. The van der Waals surface area contributed by atoms with E-state index in [4.69, 9.17) is 11.6 Å².